The first-order valence-corrected chi connectivity index (χ1v) is 7.11. The van der Waals surface area contributed by atoms with Crippen LogP contribution >= 0.6 is 0 Å². The lowest BCUT2D eigenvalue weighted by molar-refractivity contribution is 0.0523. The van der Waals surface area contributed by atoms with Gasteiger partial charge in [-0.15, -0.1) is 0 Å². The van der Waals surface area contributed by atoms with Gasteiger partial charge in [-0.2, -0.15) is 0 Å². The molecule has 0 saturated carbocycles. The van der Waals surface area contributed by atoms with Crippen LogP contribution in [-0.2, 0) is 11.2 Å². The molecule has 1 rings (SSSR count). The van der Waals surface area contributed by atoms with E-state index in [-0.39, 0.29) is 12.1 Å². The fraction of sp³-hybridized carbons (Fsp3) is 0.562. The third-order valence-corrected chi connectivity index (χ3v) is 2.70. The van der Waals surface area contributed by atoms with Gasteiger partial charge >= 0.3 is 6.09 Å². The van der Waals surface area contributed by atoms with Crippen LogP contribution in [0.2, 0.25) is 0 Å². The molecule has 0 aliphatic carbocycles. The Labute approximate surface area is 121 Å². The molecular weight excluding hydrogens is 252 g/mol. The summed E-state index contributed by atoms with van der Waals surface area (Å²) in [5.41, 5.74) is 0.862. The molecule has 0 bridgehead atoms. The van der Waals surface area contributed by atoms with E-state index in [4.69, 9.17) is 4.74 Å². The molecule has 0 fully saturated rings. The Morgan fingerprint density at radius 2 is 1.90 bits per heavy atom. The number of hydrogen-bond acceptors (Lipinski definition) is 3. The normalized spacial score (nSPS) is 12.8. The lowest BCUT2D eigenvalue weighted by Crippen LogP contribution is -2.41. The number of rotatable bonds is 6. The summed E-state index contributed by atoms with van der Waals surface area (Å²) < 4.78 is 5.18. The lowest BCUT2D eigenvalue weighted by Gasteiger charge is -2.21. The van der Waals surface area contributed by atoms with E-state index in [1.807, 2.05) is 45.9 Å². The summed E-state index contributed by atoms with van der Waals surface area (Å²) in [4.78, 5) is 11.5. The summed E-state index contributed by atoms with van der Waals surface area (Å²) in [5.74, 6) is 0. The van der Waals surface area contributed by atoms with Gasteiger partial charge < -0.3 is 15.4 Å². The quantitative estimate of drug-likeness (QED) is 0.841. The number of ether oxygens (including phenoxy) is 1. The maximum Gasteiger partial charge on any atom is 0.407 e. The van der Waals surface area contributed by atoms with Crippen LogP contribution in [0, 0.1) is 0 Å². The Morgan fingerprint density at radius 3 is 2.50 bits per heavy atom. The van der Waals surface area contributed by atoms with Crippen molar-refractivity contribution >= 4 is 6.09 Å². The van der Waals surface area contributed by atoms with Crippen molar-refractivity contribution in [2.45, 2.75) is 45.8 Å². The first-order valence-electron chi connectivity index (χ1n) is 7.11. The van der Waals surface area contributed by atoms with Gasteiger partial charge in [-0.1, -0.05) is 30.3 Å². The number of carbonyl (C=O) groups is 1. The Kier molecular flexibility index (Phi) is 6.52. The van der Waals surface area contributed by atoms with Crippen molar-refractivity contribution in [2.75, 3.05) is 13.1 Å². The zero-order chi connectivity index (χ0) is 15.0. The van der Waals surface area contributed by atoms with Crippen molar-refractivity contribution in [1.29, 1.82) is 0 Å². The van der Waals surface area contributed by atoms with Crippen molar-refractivity contribution in [3.05, 3.63) is 35.9 Å². The molecular formula is C16H26N2O2. The lowest BCUT2D eigenvalue weighted by atomic mass is 10.1. The van der Waals surface area contributed by atoms with Gasteiger partial charge in [-0.3, -0.25) is 0 Å². The molecule has 2 N–H and O–H groups in total. The van der Waals surface area contributed by atoms with Gasteiger partial charge in [0.1, 0.15) is 5.60 Å². The summed E-state index contributed by atoms with van der Waals surface area (Å²) in [5, 5.41) is 6.14. The summed E-state index contributed by atoms with van der Waals surface area (Å²) >= 11 is 0. The Bertz CT molecular complexity index is 399. The number of carbonyl (C=O) groups excluding carboxylic acids is 1. The zero-order valence-corrected chi connectivity index (χ0v) is 12.9. The molecule has 1 aromatic rings. The van der Waals surface area contributed by atoms with Crippen molar-refractivity contribution < 1.29 is 9.53 Å². The Morgan fingerprint density at radius 1 is 1.25 bits per heavy atom. The monoisotopic (exact) mass is 278 g/mol. The highest BCUT2D eigenvalue weighted by Crippen LogP contribution is 2.06. The largest absolute Gasteiger partial charge is 0.444 e. The topological polar surface area (TPSA) is 50.4 Å². The predicted octanol–water partition coefficient (Wildman–Crippen LogP) is 2.73. The molecule has 112 valence electrons. The summed E-state index contributed by atoms with van der Waals surface area (Å²) in [6.07, 6.45) is 0.617. The van der Waals surface area contributed by atoms with Gasteiger partial charge in [-0.05, 0) is 46.2 Å². The number of amides is 1. The van der Waals surface area contributed by atoms with Crippen LogP contribution in [0.25, 0.3) is 0 Å². The van der Waals surface area contributed by atoms with Crippen molar-refractivity contribution in [1.82, 2.24) is 10.6 Å². The number of benzene rings is 1. The Hall–Kier alpha value is -1.55. The van der Waals surface area contributed by atoms with Crippen molar-refractivity contribution in [2.24, 2.45) is 0 Å². The standard InChI is InChI=1S/C16H26N2O2/c1-13(12-18-15(19)20-16(2,3)4)17-11-10-14-8-6-5-7-9-14/h5-9,13,17H,10-12H2,1-4H3,(H,18,19)/t13-/m0/s1. The minimum Gasteiger partial charge on any atom is -0.444 e. The highest BCUT2D eigenvalue weighted by atomic mass is 16.6. The van der Waals surface area contributed by atoms with E-state index >= 15 is 0 Å². The fourth-order valence-corrected chi connectivity index (χ4v) is 1.73. The number of nitrogens with one attached hydrogen (secondary N) is 2. The minimum absolute atomic E-state index is 0.214. The van der Waals surface area contributed by atoms with E-state index < -0.39 is 5.60 Å². The van der Waals surface area contributed by atoms with Gasteiger partial charge in [0.05, 0.1) is 0 Å². The van der Waals surface area contributed by atoms with Gasteiger partial charge in [0.2, 0.25) is 0 Å². The minimum atomic E-state index is -0.450. The van der Waals surface area contributed by atoms with Crippen molar-refractivity contribution in [3.8, 4) is 0 Å². The van der Waals surface area contributed by atoms with Crippen LogP contribution in [0.5, 0.6) is 0 Å². The zero-order valence-electron chi connectivity index (χ0n) is 12.9. The SMILES string of the molecule is C[C@@H](CNC(=O)OC(C)(C)C)NCCc1ccccc1. The van der Waals surface area contributed by atoms with E-state index in [2.05, 4.69) is 22.8 Å². The molecule has 0 aliphatic heterocycles. The van der Waals surface area contributed by atoms with E-state index in [9.17, 15) is 4.79 Å². The average molecular weight is 278 g/mol. The molecule has 4 nitrogen and oxygen atoms in total. The van der Waals surface area contributed by atoms with E-state index in [1.54, 1.807) is 0 Å². The third kappa shape index (κ3) is 7.79. The van der Waals surface area contributed by atoms with Gasteiger partial charge in [0, 0.05) is 12.6 Å². The molecule has 0 radical (unpaired) electrons. The second kappa shape index (κ2) is 7.90. The van der Waals surface area contributed by atoms with Crippen LogP contribution < -0.4 is 10.6 Å². The van der Waals surface area contributed by atoms with Gasteiger partial charge in [0.25, 0.3) is 0 Å². The molecule has 1 amide bonds. The maximum atomic E-state index is 11.5. The van der Waals surface area contributed by atoms with E-state index in [0.29, 0.717) is 6.54 Å². The van der Waals surface area contributed by atoms with E-state index in [1.165, 1.54) is 5.56 Å². The molecule has 0 aliphatic rings. The molecule has 1 aromatic carbocycles. The van der Waals surface area contributed by atoms with E-state index in [0.717, 1.165) is 13.0 Å². The summed E-state index contributed by atoms with van der Waals surface area (Å²) in [6, 6.07) is 10.6. The predicted molar refractivity (Wildman–Crippen MR) is 81.8 cm³/mol. The van der Waals surface area contributed by atoms with Crippen LogP contribution in [0.15, 0.2) is 30.3 Å². The Balaban J connectivity index is 2.14. The van der Waals surface area contributed by atoms with Crippen LogP contribution in [0.4, 0.5) is 4.79 Å². The van der Waals surface area contributed by atoms with Crippen LogP contribution in [0.3, 0.4) is 0 Å². The first-order chi connectivity index (χ1) is 9.37. The molecule has 0 aromatic heterocycles. The first kappa shape index (κ1) is 16.5. The highest BCUT2D eigenvalue weighted by molar-refractivity contribution is 5.67. The number of alkyl carbamates (subject to hydrolysis) is 1. The smallest absolute Gasteiger partial charge is 0.407 e. The molecule has 20 heavy (non-hydrogen) atoms. The van der Waals surface area contributed by atoms with Crippen LogP contribution in [0.1, 0.15) is 33.3 Å². The molecule has 1 atom stereocenters. The summed E-state index contributed by atoms with van der Waals surface area (Å²) in [6.45, 7) is 9.06. The second-order valence-electron chi connectivity index (χ2n) is 5.97. The average Bonchev–Trinajstić information content (AvgIpc) is 2.36. The highest BCUT2D eigenvalue weighted by Gasteiger charge is 2.16. The van der Waals surface area contributed by atoms with Gasteiger partial charge in [-0.25, -0.2) is 4.79 Å². The van der Waals surface area contributed by atoms with Crippen molar-refractivity contribution in [3.63, 3.8) is 0 Å². The molecule has 0 heterocycles. The molecule has 0 unspecified atom stereocenters. The fourth-order valence-electron chi connectivity index (χ4n) is 1.73. The number of hydrogen-bond donors (Lipinski definition) is 2. The molecule has 0 spiro atoms. The van der Waals surface area contributed by atoms with Gasteiger partial charge in [0.15, 0.2) is 0 Å². The second-order valence-corrected chi connectivity index (χ2v) is 5.97. The van der Waals surface area contributed by atoms with Crippen LogP contribution in [-0.4, -0.2) is 30.8 Å². The molecule has 0 saturated heterocycles. The maximum absolute atomic E-state index is 11.5. The molecule has 4 heteroatoms. The third-order valence-electron chi connectivity index (χ3n) is 2.70. The summed E-state index contributed by atoms with van der Waals surface area (Å²) in [7, 11) is 0.